The first-order valence-corrected chi connectivity index (χ1v) is 6.38. The van der Waals surface area contributed by atoms with Crippen LogP contribution in [-0.4, -0.2) is 23.8 Å². The van der Waals surface area contributed by atoms with Crippen LogP contribution >= 0.6 is 15.9 Å². The van der Waals surface area contributed by atoms with Crippen molar-refractivity contribution >= 4 is 15.9 Å². The summed E-state index contributed by atoms with van der Waals surface area (Å²) in [6, 6.07) is 5.84. The maximum Gasteiger partial charge on any atom is 0.141 e. The van der Waals surface area contributed by atoms with Gasteiger partial charge in [0.15, 0.2) is 0 Å². The standard InChI is InChI=1S/C12H14BrNO2/c13-8-1-2-10-9(7-8)11(15)12(16-10)3-5-14-6-4-12/h1-2,7,11,14-15H,3-6H2. The van der Waals surface area contributed by atoms with Gasteiger partial charge in [0.1, 0.15) is 17.5 Å². The van der Waals surface area contributed by atoms with E-state index in [1.54, 1.807) is 0 Å². The first-order chi connectivity index (χ1) is 7.71. The third-order valence-electron chi connectivity index (χ3n) is 3.53. The molecule has 3 nitrogen and oxygen atoms in total. The molecule has 3 rings (SSSR count). The van der Waals surface area contributed by atoms with Crippen molar-refractivity contribution in [2.24, 2.45) is 0 Å². The molecule has 1 atom stereocenters. The van der Waals surface area contributed by atoms with Gasteiger partial charge in [-0.3, -0.25) is 0 Å². The monoisotopic (exact) mass is 283 g/mol. The molecule has 1 aromatic rings. The smallest absolute Gasteiger partial charge is 0.141 e. The van der Waals surface area contributed by atoms with Crippen LogP contribution in [0.1, 0.15) is 24.5 Å². The summed E-state index contributed by atoms with van der Waals surface area (Å²) in [6.45, 7) is 1.82. The van der Waals surface area contributed by atoms with Crippen molar-refractivity contribution in [3.05, 3.63) is 28.2 Å². The van der Waals surface area contributed by atoms with Gasteiger partial charge in [0, 0.05) is 22.9 Å². The minimum absolute atomic E-state index is 0.394. The zero-order valence-corrected chi connectivity index (χ0v) is 10.5. The Bertz CT molecular complexity index is 415. The highest BCUT2D eigenvalue weighted by atomic mass is 79.9. The second-order valence-corrected chi connectivity index (χ2v) is 5.42. The number of aliphatic hydroxyl groups is 1. The van der Waals surface area contributed by atoms with Gasteiger partial charge in [-0.15, -0.1) is 0 Å². The van der Waals surface area contributed by atoms with E-state index in [1.807, 2.05) is 18.2 Å². The van der Waals surface area contributed by atoms with E-state index in [0.717, 1.165) is 41.7 Å². The number of benzene rings is 1. The summed E-state index contributed by atoms with van der Waals surface area (Å²) in [4.78, 5) is 0. The highest BCUT2D eigenvalue weighted by molar-refractivity contribution is 9.10. The molecule has 0 bridgehead atoms. The molecule has 16 heavy (non-hydrogen) atoms. The third kappa shape index (κ3) is 1.48. The number of nitrogens with one attached hydrogen (secondary N) is 1. The molecule has 1 aromatic carbocycles. The molecule has 2 heterocycles. The molecule has 86 valence electrons. The van der Waals surface area contributed by atoms with Crippen molar-refractivity contribution in [2.75, 3.05) is 13.1 Å². The van der Waals surface area contributed by atoms with Gasteiger partial charge in [-0.25, -0.2) is 0 Å². The van der Waals surface area contributed by atoms with Crippen LogP contribution < -0.4 is 10.1 Å². The van der Waals surface area contributed by atoms with Crippen molar-refractivity contribution < 1.29 is 9.84 Å². The molecule has 0 amide bonds. The molecule has 1 saturated heterocycles. The normalized spacial score (nSPS) is 26.5. The summed E-state index contributed by atoms with van der Waals surface area (Å²) < 4.78 is 6.98. The first kappa shape index (κ1) is 10.6. The van der Waals surface area contributed by atoms with E-state index in [9.17, 15) is 5.11 Å². The fraction of sp³-hybridized carbons (Fsp3) is 0.500. The quantitative estimate of drug-likeness (QED) is 0.765. The van der Waals surface area contributed by atoms with E-state index in [1.165, 1.54) is 0 Å². The highest BCUT2D eigenvalue weighted by Gasteiger charge is 2.48. The molecule has 0 aromatic heterocycles. The van der Waals surface area contributed by atoms with Gasteiger partial charge in [-0.05, 0) is 31.3 Å². The molecular formula is C12H14BrNO2. The van der Waals surface area contributed by atoms with Gasteiger partial charge < -0.3 is 15.2 Å². The van der Waals surface area contributed by atoms with Crippen molar-refractivity contribution in [1.29, 1.82) is 0 Å². The van der Waals surface area contributed by atoms with Crippen LogP contribution in [-0.2, 0) is 0 Å². The summed E-state index contributed by atoms with van der Waals surface area (Å²) in [5, 5.41) is 13.7. The topological polar surface area (TPSA) is 41.5 Å². The zero-order valence-electron chi connectivity index (χ0n) is 8.87. The Morgan fingerprint density at radius 3 is 2.88 bits per heavy atom. The van der Waals surface area contributed by atoms with Crippen molar-refractivity contribution in [2.45, 2.75) is 24.5 Å². The van der Waals surface area contributed by atoms with Crippen LogP contribution in [0.3, 0.4) is 0 Å². The second kappa shape index (κ2) is 3.72. The molecular weight excluding hydrogens is 270 g/mol. The van der Waals surface area contributed by atoms with E-state index in [4.69, 9.17) is 4.74 Å². The Kier molecular flexibility index (Phi) is 2.46. The van der Waals surface area contributed by atoms with Gasteiger partial charge in [-0.1, -0.05) is 15.9 Å². The lowest BCUT2D eigenvalue weighted by atomic mass is 9.85. The molecule has 2 aliphatic rings. The van der Waals surface area contributed by atoms with Crippen molar-refractivity contribution in [1.82, 2.24) is 5.32 Å². The van der Waals surface area contributed by atoms with Crippen molar-refractivity contribution in [3.8, 4) is 5.75 Å². The summed E-state index contributed by atoms with van der Waals surface area (Å²) in [6.07, 6.45) is 1.23. The Labute approximate surface area is 103 Å². The fourth-order valence-corrected chi connectivity index (χ4v) is 2.99. The van der Waals surface area contributed by atoms with E-state index in [2.05, 4.69) is 21.2 Å². The summed E-state index contributed by atoms with van der Waals surface area (Å²) in [5.41, 5.74) is 0.519. The SMILES string of the molecule is OC1c2cc(Br)ccc2OC12CCNCC2. The Hall–Kier alpha value is -0.580. The minimum atomic E-state index is -0.498. The van der Waals surface area contributed by atoms with Gasteiger partial charge in [0.25, 0.3) is 0 Å². The lowest BCUT2D eigenvalue weighted by molar-refractivity contribution is -0.0484. The lowest BCUT2D eigenvalue weighted by Gasteiger charge is -2.35. The van der Waals surface area contributed by atoms with Gasteiger partial charge in [0.05, 0.1) is 0 Å². The number of fused-ring (bicyclic) bond motifs is 1. The fourth-order valence-electron chi connectivity index (χ4n) is 2.61. The summed E-state index contributed by atoms with van der Waals surface area (Å²) in [5.74, 6) is 0.831. The van der Waals surface area contributed by atoms with Crippen molar-refractivity contribution in [3.63, 3.8) is 0 Å². The number of rotatable bonds is 0. The third-order valence-corrected chi connectivity index (χ3v) is 4.02. The maximum absolute atomic E-state index is 10.4. The van der Waals surface area contributed by atoms with E-state index in [-0.39, 0.29) is 0 Å². The van der Waals surface area contributed by atoms with Crippen LogP contribution in [0.15, 0.2) is 22.7 Å². The molecule has 2 aliphatic heterocycles. The van der Waals surface area contributed by atoms with Crippen LogP contribution in [0.25, 0.3) is 0 Å². The number of halogens is 1. The Balaban J connectivity index is 1.99. The van der Waals surface area contributed by atoms with E-state index in [0.29, 0.717) is 0 Å². The number of piperidine rings is 1. The minimum Gasteiger partial charge on any atom is -0.484 e. The number of hydrogen-bond donors (Lipinski definition) is 2. The number of ether oxygens (including phenoxy) is 1. The number of aliphatic hydroxyl groups excluding tert-OH is 1. The average Bonchev–Trinajstić information content (AvgIpc) is 2.55. The van der Waals surface area contributed by atoms with E-state index >= 15 is 0 Å². The molecule has 0 aliphatic carbocycles. The molecule has 0 radical (unpaired) electrons. The Morgan fingerprint density at radius 1 is 1.38 bits per heavy atom. The van der Waals surface area contributed by atoms with Gasteiger partial charge in [-0.2, -0.15) is 0 Å². The van der Waals surface area contributed by atoms with Crippen LogP contribution in [0, 0.1) is 0 Å². The molecule has 1 unspecified atom stereocenters. The molecule has 2 N–H and O–H groups in total. The van der Waals surface area contributed by atoms with Crippen LogP contribution in [0.2, 0.25) is 0 Å². The predicted octanol–water partition coefficient (Wildman–Crippen LogP) is 2.00. The second-order valence-electron chi connectivity index (χ2n) is 4.50. The van der Waals surface area contributed by atoms with Crippen LogP contribution in [0.5, 0.6) is 5.75 Å². The maximum atomic E-state index is 10.4. The Morgan fingerprint density at radius 2 is 2.12 bits per heavy atom. The largest absolute Gasteiger partial charge is 0.484 e. The average molecular weight is 284 g/mol. The van der Waals surface area contributed by atoms with Crippen LogP contribution in [0.4, 0.5) is 0 Å². The number of hydrogen-bond acceptors (Lipinski definition) is 3. The molecule has 1 fully saturated rings. The molecule has 1 spiro atoms. The summed E-state index contributed by atoms with van der Waals surface area (Å²) in [7, 11) is 0. The van der Waals surface area contributed by atoms with E-state index < -0.39 is 11.7 Å². The zero-order chi connectivity index (χ0) is 11.2. The van der Waals surface area contributed by atoms with Gasteiger partial charge in [0.2, 0.25) is 0 Å². The van der Waals surface area contributed by atoms with Gasteiger partial charge >= 0.3 is 0 Å². The molecule has 0 saturated carbocycles. The highest BCUT2D eigenvalue weighted by Crippen LogP contribution is 2.48. The predicted molar refractivity (Wildman–Crippen MR) is 64.6 cm³/mol. The first-order valence-electron chi connectivity index (χ1n) is 5.59. The lowest BCUT2D eigenvalue weighted by Crippen LogP contribution is -2.47. The summed E-state index contributed by atoms with van der Waals surface area (Å²) >= 11 is 3.43. The molecule has 4 heteroatoms.